The summed E-state index contributed by atoms with van der Waals surface area (Å²) in [5.74, 6) is -8.90. The molecule has 0 spiro atoms. The first-order valence-corrected chi connectivity index (χ1v) is 31.3. The van der Waals surface area contributed by atoms with Crippen LogP contribution in [0.1, 0.15) is 86.3 Å². The summed E-state index contributed by atoms with van der Waals surface area (Å²) in [6.45, 7) is 16.5. The molecule has 0 radical (unpaired) electrons. The van der Waals surface area contributed by atoms with Crippen molar-refractivity contribution in [3.8, 4) is 0 Å². The van der Waals surface area contributed by atoms with Crippen LogP contribution in [0.2, 0.25) is 0 Å². The molecule has 4 saturated heterocycles. The van der Waals surface area contributed by atoms with Crippen molar-refractivity contribution in [2.24, 2.45) is 11.5 Å². The fourth-order valence-corrected chi connectivity index (χ4v) is 14.4. The Labute approximate surface area is 528 Å². The van der Waals surface area contributed by atoms with Crippen LogP contribution in [-0.2, 0) is 65.2 Å². The molecule has 11 rings (SSSR count). The SMILES string of the molecule is C[C@@H]1CN(CC(=O)N2CC(C)(C)c3[nH]c(=O)c(Cc4cc(F)c(F)cc4F)cc32)[C@@H](CN2CCOC(C(N)=O)C2Cc2ccc(CC3C(C(N)=O)OCCN3C[C@H]3CN[C@H](C)CN3CC(=O)N3CC(C)(C)c4[nH]c(=O)c(Cc5cc(F)c(F)cc5F)cc43)cc2)CN1. The largest absolute Gasteiger partial charge is 0.367 e. The molecule has 494 valence electrons. The number of morpholine rings is 2. The second-order valence-corrected chi connectivity index (χ2v) is 27.1. The predicted molar refractivity (Wildman–Crippen MR) is 331 cm³/mol. The van der Waals surface area contributed by atoms with Crippen molar-refractivity contribution >= 4 is 35.0 Å². The van der Waals surface area contributed by atoms with E-state index in [2.05, 4.69) is 40.2 Å². The number of halogens is 6. The Hall–Kier alpha value is -7.30. The highest BCUT2D eigenvalue weighted by molar-refractivity contribution is 5.98. The summed E-state index contributed by atoms with van der Waals surface area (Å²) in [6, 6.07) is 11.9. The van der Waals surface area contributed by atoms with Crippen molar-refractivity contribution in [3.05, 3.63) is 161 Å². The summed E-state index contributed by atoms with van der Waals surface area (Å²) in [4.78, 5) is 100. The smallest absolute Gasteiger partial charge is 0.251 e. The standard InChI is InChI=1S/C66H80F6N12O8/c1-35-27-81(31-55(85)83-33-65(3,4)59-53(83)21-41(63(89)77-59)17-39-19-47(69)49(71)23-45(39)67)43(25-75-35)29-79-11-13-91-57(61(73)87)51(79)15-37-7-9-38(10-8-37)16-52-58(62(74)88)92-14-12-80(52)30-44-26-76-36(2)28-82(44)32-56(86)84-34-66(5,6)60-54(84)22-42(64(90)78-60)18-40-20-48(70)50(72)24-46(40)68/h7-10,19-24,35-36,43-44,51-52,57-58,75-76H,11-18,25-34H2,1-6H3,(H2,73,87)(H2,74,88)(H,77,89)(H,78,90)/t35-,36-,43-,44-,51?,52?,57?,58?/m1/s1. The maximum Gasteiger partial charge on any atom is 0.251 e. The molecular weight excluding hydrogens is 1200 g/mol. The van der Waals surface area contributed by atoms with Gasteiger partial charge in [-0.05, 0) is 73.2 Å². The third-order valence-electron chi connectivity index (χ3n) is 19.3. The molecule has 4 amide bonds. The van der Waals surface area contributed by atoms with Gasteiger partial charge in [0.15, 0.2) is 35.5 Å². The molecule has 0 bridgehead atoms. The van der Waals surface area contributed by atoms with Gasteiger partial charge in [-0.2, -0.15) is 0 Å². The van der Waals surface area contributed by atoms with E-state index < -0.39 is 93.0 Å². The van der Waals surface area contributed by atoms with Gasteiger partial charge >= 0.3 is 0 Å². The fraction of sp³-hybridized carbons (Fsp3) is 0.515. The number of carbonyl (C=O) groups is 4. The average molecular weight is 1280 g/mol. The van der Waals surface area contributed by atoms with Crippen molar-refractivity contribution in [3.63, 3.8) is 0 Å². The van der Waals surface area contributed by atoms with Crippen molar-refractivity contribution in [1.29, 1.82) is 0 Å². The van der Waals surface area contributed by atoms with Crippen molar-refractivity contribution in [2.75, 3.05) is 102 Å². The van der Waals surface area contributed by atoms with E-state index >= 15 is 0 Å². The number of anilines is 2. The van der Waals surface area contributed by atoms with Crippen LogP contribution in [-0.4, -0.2) is 193 Å². The number of ether oxygens (including phenoxy) is 2. The van der Waals surface area contributed by atoms with E-state index in [4.69, 9.17) is 20.9 Å². The fourth-order valence-electron chi connectivity index (χ4n) is 14.4. The molecule has 20 nitrogen and oxygen atoms in total. The van der Waals surface area contributed by atoms with Crippen LogP contribution >= 0.6 is 0 Å². The topological polar surface area (TPSA) is 248 Å². The molecular formula is C66H80F6N12O8. The van der Waals surface area contributed by atoms with Crippen LogP contribution in [0.5, 0.6) is 0 Å². The van der Waals surface area contributed by atoms with Gasteiger partial charge in [-0.1, -0.05) is 52.0 Å². The number of amides is 4. The minimum absolute atomic E-state index is 0.00159. The maximum absolute atomic E-state index is 14.8. The number of rotatable bonds is 18. The first-order chi connectivity index (χ1) is 43.6. The highest BCUT2D eigenvalue weighted by atomic mass is 19.2. The Balaban J connectivity index is 0.765. The van der Waals surface area contributed by atoms with Crippen LogP contribution < -0.4 is 43.0 Å². The molecule has 6 aliphatic rings. The van der Waals surface area contributed by atoms with E-state index in [1.165, 1.54) is 12.1 Å². The Morgan fingerprint density at radius 1 is 0.533 bits per heavy atom. The predicted octanol–water partition coefficient (Wildman–Crippen LogP) is 3.25. The summed E-state index contributed by atoms with van der Waals surface area (Å²) < 4.78 is 97.8. The van der Waals surface area contributed by atoms with E-state index in [1.807, 2.05) is 65.8 Å². The highest BCUT2D eigenvalue weighted by Gasteiger charge is 2.45. The van der Waals surface area contributed by atoms with Gasteiger partial charge in [-0.25, -0.2) is 26.3 Å². The van der Waals surface area contributed by atoms with Gasteiger partial charge < -0.3 is 51.3 Å². The lowest BCUT2D eigenvalue weighted by atomic mass is 9.91. The third-order valence-corrected chi connectivity index (χ3v) is 19.3. The highest BCUT2D eigenvalue weighted by Crippen LogP contribution is 2.41. The Morgan fingerprint density at radius 2 is 0.902 bits per heavy atom. The number of nitrogens with one attached hydrogen (secondary N) is 4. The van der Waals surface area contributed by atoms with Crippen molar-refractivity contribution in [2.45, 2.75) is 127 Å². The lowest BCUT2D eigenvalue weighted by Gasteiger charge is -2.46. The zero-order chi connectivity index (χ0) is 65.8. The number of aromatic nitrogens is 2. The zero-order valence-corrected chi connectivity index (χ0v) is 52.5. The van der Waals surface area contributed by atoms with Gasteiger partial charge in [0.25, 0.3) is 11.1 Å². The molecule has 8 N–H and O–H groups in total. The molecule has 0 saturated carbocycles. The van der Waals surface area contributed by atoms with Gasteiger partial charge in [0, 0.05) is 160 Å². The Morgan fingerprint density at radius 3 is 1.27 bits per heavy atom. The molecule has 4 unspecified atom stereocenters. The Bertz CT molecular complexity index is 3540. The van der Waals surface area contributed by atoms with Gasteiger partial charge in [0.05, 0.1) is 37.7 Å². The average Bonchev–Trinajstić information content (AvgIpc) is 1.60. The molecule has 5 aromatic rings. The third kappa shape index (κ3) is 14.0. The van der Waals surface area contributed by atoms with Crippen LogP contribution in [0.4, 0.5) is 37.7 Å². The van der Waals surface area contributed by atoms with Crippen LogP contribution in [0.3, 0.4) is 0 Å². The number of hydrogen-bond donors (Lipinski definition) is 6. The quantitative estimate of drug-likeness (QED) is 0.0545. The molecule has 8 atom stereocenters. The summed E-state index contributed by atoms with van der Waals surface area (Å²) in [7, 11) is 0. The summed E-state index contributed by atoms with van der Waals surface area (Å²) in [6.07, 6.45) is -1.84. The Kier molecular flexibility index (Phi) is 19.1. The van der Waals surface area contributed by atoms with E-state index in [0.29, 0.717) is 100 Å². The number of hydrogen-bond acceptors (Lipinski definition) is 14. The first kappa shape index (κ1) is 66.2. The minimum Gasteiger partial charge on any atom is -0.367 e. The van der Waals surface area contributed by atoms with Crippen molar-refractivity contribution in [1.82, 2.24) is 40.2 Å². The summed E-state index contributed by atoms with van der Waals surface area (Å²) in [5.41, 5.74) is 13.2. The van der Waals surface area contributed by atoms with Gasteiger partial charge in [-0.15, -0.1) is 0 Å². The van der Waals surface area contributed by atoms with Crippen LogP contribution in [0, 0.1) is 34.9 Å². The van der Waals surface area contributed by atoms with E-state index in [-0.39, 0.29) is 110 Å². The number of carbonyl (C=O) groups excluding carboxylic acids is 4. The van der Waals surface area contributed by atoms with E-state index in [0.717, 1.165) is 23.3 Å². The molecule has 0 aliphatic carbocycles. The van der Waals surface area contributed by atoms with Crippen LogP contribution in [0.15, 0.2) is 70.3 Å². The number of piperazine rings is 2. The zero-order valence-electron chi connectivity index (χ0n) is 52.5. The normalized spacial score (nSPS) is 25.2. The number of benzene rings is 3. The molecule has 26 heteroatoms. The number of primary amides is 2. The number of H-pyrrole nitrogens is 2. The van der Waals surface area contributed by atoms with Crippen molar-refractivity contribution < 1.29 is 55.0 Å². The van der Waals surface area contributed by atoms with E-state index in [1.54, 1.807) is 9.80 Å². The van der Waals surface area contributed by atoms with Gasteiger partial charge in [-0.3, -0.25) is 48.4 Å². The first-order valence-electron chi connectivity index (χ1n) is 31.3. The van der Waals surface area contributed by atoms with Crippen LogP contribution in [0.25, 0.3) is 0 Å². The second kappa shape index (κ2) is 26.6. The minimum atomic E-state index is -1.35. The summed E-state index contributed by atoms with van der Waals surface area (Å²) >= 11 is 0. The maximum atomic E-state index is 14.8. The summed E-state index contributed by atoms with van der Waals surface area (Å²) in [5, 5.41) is 7.11. The molecule has 8 heterocycles. The monoisotopic (exact) mass is 1280 g/mol. The van der Waals surface area contributed by atoms with Gasteiger partial charge in [0.2, 0.25) is 23.6 Å². The molecule has 2 aromatic heterocycles. The molecule has 6 aliphatic heterocycles. The molecule has 3 aromatic carbocycles. The number of fused-ring (bicyclic) bond motifs is 2. The second-order valence-electron chi connectivity index (χ2n) is 27.1. The van der Waals surface area contributed by atoms with Gasteiger partial charge in [0.1, 0.15) is 11.6 Å². The molecule has 92 heavy (non-hydrogen) atoms. The molecule has 4 fully saturated rings. The number of pyridine rings is 2. The number of aromatic amines is 2. The lowest BCUT2D eigenvalue weighted by molar-refractivity contribution is -0.143. The number of nitrogens with two attached hydrogens (primary N) is 2. The lowest BCUT2D eigenvalue weighted by Crippen LogP contribution is -2.64. The number of nitrogens with zero attached hydrogens (tertiary/aromatic N) is 6. The van der Waals surface area contributed by atoms with E-state index in [9.17, 15) is 55.1 Å².